The van der Waals surface area contributed by atoms with Gasteiger partial charge in [-0.3, -0.25) is 9.59 Å². The Morgan fingerprint density at radius 1 is 1.06 bits per heavy atom. The Morgan fingerprint density at radius 2 is 1.84 bits per heavy atom. The van der Waals surface area contributed by atoms with E-state index in [4.69, 9.17) is 0 Å². The van der Waals surface area contributed by atoms with Gasteiger partial charge in [0.25, 0.3) is 11.8 Å². The molecule has 0 bridgehead atoms. The highest BCUT2D eigenvalue weighted by Crippen LogP contribution is 2.32. The standard InChI is InChI=1S/C25H23N3O2S2/c1-16-22(32-24(26-16)20-12-13-31-15-20)25(30)28(3)17(2)19-10-7-11-21(14-19)27-23(29)18-8-5-4-6-9-18/h4-15,17H,1-3H3,(H,27,29). The molecule has 0 radical (unpaired) electrons. The van der Waals surface area contributed by atoms with E-state index in [1.165, 1.54) is 11.3 Å². The zero-order valence-corrected chi connectivity index (χ0v) is 19.7. The lowest BCUT2D eigenvalue weighted by atomic mass is 10.1. The summed E-state index contributed by atoms with van der Waals surface area (Å²) >= 11 is 3.03. The van der Waals surface area contributed by atoms with Gasteiger partial charge in [0.15, 0.2) is 0 Å². The van der Waals surface area contributed by atoms with Crippen molar-refractivity contribution in [3.05, 3.63) is 93.1 Å². The number of carbonyl (C=O) groups excluding carboxylic acids is 2. The van der Waals surface area contributed by atoms with Crippen LogP contribution in [0.4, 0.5) is 5.69 Å². The van der Waals surface area contributed by atoms with Crippen molar-refractivity contribution in [2.24, 2.45) is 0 Å². The molecule has 0 aliphatic rings. The average molecular weight is 462 g/mol. The van der Waals surface area contributed by atoms with E-state index in [9.17, 15) is 9.59 Å². The van der Waals surface area contributed by atoms with Crippen LogP contribution in [0.15, 0.2) is 71.4 Å². The van der Waals surface area contributed by atoms with Crippen LogP contribution in [0.1, 0.15) is 44.3 Å². The van der Waals surface area contributed by atoms with E-state index in [0.29, 0.717) is 16.1 Å². The zero-order valence-electron chi connectivity index (χ0n) is 18.0. The molecule has 2 aromatic carbocycles. The number of anilines is 1. The molecule has 0 spiro atoms. The maximum atomic E-state index is 13.2. The van der Waals surface area contributed by atoms with Gasteiger partial charge in [-0.1, -0.05) is 30.3 Å². The molecule has 0 aliphatic heterocycles. The van der Waals surface area contributed by atoms with Crippen molar-refractivity contribution in [3.8, 4) is 10.6 Å². The first-order valence-electron chi connectivity index (χ1n) is 10.2. The van der Waals surface area contributed by atoms with E-state index in [1.807, 2.05) is 73.1 Å². The van der Waals surface area contributed by atoms with Gasteiger partial charge in [0.1, 0.15) is 9.88 Å². The number of thiazole rings is 1. The summed E-state index contributed by atoms with van der Waals surface area (Å²) in [6.07, 6.45) is 0. The van der Waals surface area contributed by atoms with Gasteiger partial charge in [0.2, 0.25) is 0 Å². The molecule has 2 aromatic heterocycles. The molecule has 0 aliphatic carbocycles. The third-order valence-electron chi connectivity index (χ3n) is 5.32. The molecule has 162 valence electrons. The minimum Gasteiger partial charge on any atom is -0.334 e. The number of amides is 2. The quantitative estimate of drug-likeness (QED) is 0.368. The lowest BCUT2D eigenvalue weighted by molar-refractivity contribution is 0.0746. The van der Waals surface area contributed by atoms with E-state index in [0.717, 1.165) is 21.8 Å². The second-order valence-corrected chi connectivity index (χ2v) is 9.26. The summed E-state index contributed by atoms with van der Waals surface area (Å²) in [7, 11) is 1.80. The van der Waals surface area contributed by atoms with E-state index in [-0.39, 0.29) is 17.9 Å². The van der Waals surface area contributed by atoms with Gasteiger partial charge in [-0.25, -0.2) is 4.98 Å². The minimum absolute atomic E-state index is 0.0623. The van der Waals surface area contributed by atoms with Crippen molar-refractivity contribution in [2.75, 3.05) is 12.4 Å². The molecule has 1 atom stereocenters. The zero-order chi connectivity index (χ0) is 22.7. The molecule has 4 aromatic rings. The van der Waals surface area contributed by atoms with Gasteiger partial charge in [0.05, 0.1) is 11.7 Å². The van der Waals surface area contributed by atoms with E-state index < -0.39 is 0 Å². The summed E-state index contributed by atoms with van der Waals surface area (Å²) in [5.41, 5.74) is 4.01. The first-order valence-corrected chi connectivity index (χ1v) is 11.9. The SMILES string of the molecule is Cc1nc(-c2ccsc2)sc1C(=O)N(C)C(C)c1cccc(NC(=O)c2ccccc2)c1. The highest BCUT2D eigenvalue weighted by Gasteiger charge is 2.24. The van der Waals surface area contributed by atoms with Gasteiger partial charge >= 0.3 is 0 Å². The molecule has 0 fully saturated rings. The first-order chi connectivity index (χ1) is 15.4. The predicted molar refractivity (Wildman–Crippen MR) is 132 cm³/mol. The van der Waals surface area contributed by atoms with Crippen LogP contribution < -0.4 is 5.32 Å². The average Bonchev–Trinajstić information content (AvgIpc) is 3.48. The summed E-state index contributed by atoms with van der Waals surface area (Å²) in [4.78, 5) is 32.7. The van der Waals surface area contributed by atoms with Gasteiger partial charge in [-0.05, 0) is 55.1 Å². The van der Waals surface area contributed by atoms with E-state index in [2.05, 4.69) is 10.3 Å². The number of carbonyl (C=O) groups is 2. The van der Waals surface area contributed by atoms with Crippen molar-refractivity contribution in [1.29, 1.82) is 0 Å². The van der Waals surface area contributed by atoms with Crippen molar-refractivity contribution in [3.63, 3.8) is 0 Å². The molecule has 1 N–H and O–H groups in total. The Labute approximate surface area is 195 Å². The van der Waals surface area contributed by atoms with Crippen molar-refractivity contribution >= 4 is 40.2 Å². The van der Waals surface area contributed by atoms with Crippen LogP contribution in [0.5, 0.6) is 0 Å². The highest BCUT2D eigenvalue weighted by atomic mass is 32.1. The number of hydrogen-bond acceptors (Lipinski definition) is 5. The predicted octanol–water partition coefficient (Wildman–Crippen LogP) is 6.27. The Morgan fingerprint density at radius 3 is 2.56 bits per heavy atom. The highest BCUT2D eigenvalue weighted by molar-refractivity contribution is 7.17. The minimum atomic E-state index is -0.179. The molecular formula is C25H23N3O2S2. The smallest absolute Gasteiger partial charge is 0.266 e. The molecule has 1 unspecified atom stereocenters. The lowest BCUT2D eigenvalue weighted by Gasteiger charge is -2.25. The molecule has 0 saturated carbocycles. The number of rotatable bonds is 6. The Bertz CT molecular complexity index is 1230. The molecular weight excluding hydrogens is 438 g/mol. The second kappa shape index (κ2) is 9.46. The Hall–Kier alpha value is -3.29. The third-order valence-corrected chi connectivity index (χ3v) is 7.20. The van der Waals surface area contributed by atoms with Crippen LogP contribution in [0, 0.1) is 6.92 Å². The van der Waals surface area contributed by atoms with Crippen LogP contribution >= 0.6 is 22.7 Å². The summed E-state index contributed by atoms with van der Waals surface area (Å²) in [6.45, 7) is 3.85. The van der Waals surface area contributed by atoms with Gasteiger partial charge in [-0.15, -0.1) is 11.3 Å². The van der Waals surface area contributed by atoms with E-state index in [1.54, 1.807) is 35.4 Å². The van der Waals surface area contributed by atoms with Crippen LogP contribution in [0.25, 0.3) is 10.6 Å². The number of nitrogens with one attached hydrogen (secondary N) is 1. The van der Waals surface area contributed by atoms with Crippen molar-refractivity contribution in [2.45, 2.75) is 19.9 Å². The van der Waals surface area contributed by atoms with E-state index >= 15 is 0 Å². The molecule has 0 saturated heterocycles. The fourth-order valence-electron chi connectivity index (χ4n) is 3.33. The number of hydrogen-bond donors (Lipinski definition) is 1. The molecule has 2 amide bonds. The van der Waals surface area contributed by atoms with Gasteiger partial charge in [-0.2, -0.15) is 11.3 Å². The number of benzene rings is 2. The summed E-state index contributed by atoms with van der Waals surface area (Å²) < 4.78 is 0. The van der Waals surface area contributed by atoms with Crippen molar-refractivity contribution < 1.29 is 9.59 Å². The van der Waals surface area contributed by atoms with Crippen LogP contribution in [0.2, 0.25) is 0 Å². The van der Waals surface area contributed by atoms with Crippen molar-refractivity contribution in [1.82, 2.24) is 9.88 Å². The first kappa shape index (κ1) is 21.9. The number of aryl methyl sites for hydroxylation is 1. The third kappa shape index (κ3) is 4.64. The largest absolute Gasteiger partial charge is 0.334 e. The number of aromatic nitrogens is 1. The maximum Gasteiger partial charge on any atom is 0.266 e. The molecule has 7 heteroatoms. The molecule has 4 rings (SSSR count). The van der Waals surface area contributed by atoms with Gasteiger partial charge in [0, 0.05) is 29.2 Å². The number of thiophene rings is 1. The second-order valence-electron chi connectivity index (χ2n) is 7.48. The van der Waals surface area contributed by atoms with Crippen LogP contribution in [-0.4, -0.2) is 28.7 Å². The Kier molecular flexibility index (Phi) is 6.48. The topological polar surface area (TPSA) is 62.3 Å². The fourth-order valence-corrected chi connectivity index (χ4v) is 5.09. The molecule has 32 heavy (non-hydrogen) atoms. The van der Waals surface area contributed by atoms with Crippen LogP contribution in [0.3, 0.4) is 0 Å². The normalized spacial score (nSPS) is 11.7. The summed E-state index contributed by atoms with van der Waals surface area (Å²) in [5.74, 6) is -0.228. The number of nitrogens with zero attached hydrogens (tertiary/aromatic N) is 2. The molecule has 5 nitrogen and oxygen atoms in total. The fraction of sp³-hybridized carbons (Fsp3) is 0.160. The van der Waals surface area contributed by atoms with Gasteiger partial charge < -0.3 is 10.2 Å². The van der Waals surface area contributed by atoms with Crippen LogP contribution in [-0.2, 0) is 0 Å². The lowest BCUT2D eigenvalue weighted by Crippen LogP contribution is -2.29. The monoisotopic (exact) mass is 461 g/mol. The summed E-state index contributed by atoms with van der Waals surface area (Å²) in [6, 6.07) is 18.5. The maximum absolute atomic E-state index is 13.2. The summed E-state index contributed by atoms with van der Waals surface area (Å²) in [5, 5.41) is 7.83. The molecule has 2 heterocycles. The Balaban J connectivity index is 1.50.